The number of benzene rings is 1. The first-order chi connectivity index (χ1) is 8.65. The van der Waals surface area contributed by atoms with Crippen LogP contribution in [0.2, 0.25) is 0 Å². The fraction of sp³-hybridized carbons (Fsp3) is 0.600. The van der Waals surface area contributed by atoms with E-state index < -0.39 is 0 Å². The van der Waals surface area contributed by atoms with Crippen molar-refractivity contribution in [1.29, 1.82) is 0 Å². The molecule has 0 spiro atoms. The molecule has 0 bridgehead atoms. The number of rotatable bonds is 2. The highest BCUT2D eigenvalue weighted by atomic mass is 19.1. The van der Waals surface area contributed by atoms with Gasteiger partial charge >= 0.3 is 0 Å². The average molecular weight is 252 g/mol. The molecule has 0 amide bonds. The number of halogens is 1. The van der Waals surface area contributed by atoms with E-state index in [1.54, 1.807) is 6.07 Å². The number of hydrogen-bond acceptors (Lipinski definition) is 2. The summed E-state index contributed by atoms with van der Waals surface area (Å²) in [6, 6.07) is 5.50. The van der Waals surface area contributed by atoms with Crippen molar-refractivity contribution in [2.45, 2.75) is 27.3 Å². The number of piperazine rings is 1. The first-order valence-corrected chi connectivity index (χ1v) is 6.81. The monoisotopic (exact) mass is 252 g/mol. The molecule has 1 fully saturated rings. The van der Waals surface area contributed by atoms with Gasteiger partial charge in [0.25, 0.3) is 0 Å². The van der Waals surface area contributed by atoms with Crippen LogP contribution in [0.5, 0.6) is 0 Å². The van der Waals surface area contributed by atoms with Crippen LogP contribution in [0.15, 0.2) is 18.2 Å². The van der Waals surface area contributed by atoms with Gasteiger partial charge < -0.3 is 4.90 Å². The zero-order chi connectivity index (χ0) is 13.5. The van der Waals surface area contributed by atoms with Crippen LogP contribution in [-0.2, 0) is 6.54 Å². The van der Waals surface area contributed by atoms with E-state index in [4.69, 9.17) is 0 Å². The first kappa shape index (κ1) is 15.1. The van der Waals surface area contributed by atoms with Crippen LogP contribution in [0.25, 0.3) is 0 Å². The zero-order valence-electron chi connectivity index (χ0n) is 12.0. The summed E-state index contributed by atoms with van der Waals surface area (Å²) in [4.78, 5) is 4.62. The maximum atomic E-state index is 13.6. The molecule has 1 aliphatic rings. The number of hydrogen-bond donors (Lipinski definition) is 0. The minimum absolute atomic E-state index is 0.0704. The summed E-state index contributed by atoms with van der Waals surface area (Å²) in [5.74, 6) is -0.0704. The lowest BCUT2D eigenvalue weighted by atomic mass is 10.1. The van der Waals surface area contributed by atoms with E-state index in [-0.39, 0.29) is 5.82 Å². The van der Waals surface area contributed by atoms with Crippen molar-refractivity contribution >= 4 is 0 Å². The van der Waals surface area contributed by atoms with E-state index in [1.165, 1.54) is 0 Å². The molecule has 1 aliphatic heterocycles. The van der Waals surface area contributed by atoms with E-state index >= 15 is 0 Å². The Morgan fingerprint density at radius 1 is 1.11 bits per heavy atom. The Kier molecular flexibility index (Phi) is 6.30. The summed E-state index contributed by atoms with van der Waals surface area (Å²) in [5, 5.41) is 0. The van der Waals surface area contributed by atoms with Gasteiger partial charge in [-0.3, -0.25) is 4.90 Å². The largest absolute Gasteiger partial charge is 0.304 e. The highest BCUT2D eigenvalue weighted by molar-refractivity contribution is 5.23. The molecule has 0 radical (unpaired) electrons. The van der Waals surface area contributed by atoms with Gasteiger partial charge in [-0.25, -0.2) is 4.39 Å². The SMILES string of the molecule is CC.Cc1ccc(CN2CCN(C)CC2)c(F)c1. The molecule has 102 valence electrons. The van der Waals surface area contributed by atoms with Crippen LogP contribution in [0, 0.1) is 12.7 Å². The topological polar surface area (TPSA) is 6.48 Å². The third kappa shape index (κ3) is 4.39. The molecule has 0 N–H and O–H groups in total. The van der Waals surface area contributed by atoms with E-state index in [2.05, 4.69) is 16.8 Å². The van der Waals surface area contributed by atoms with Gasteiger partial charge in [-0.05, 0) is 25.6 Å². The molecular weight excluding hydrogens is 227 g/mol. The second kappa shape index (κ2) is 7.49. The summed E-state index contributed by atoms with van der Waals surface area (Å²) in [6.07, 6.45) is 0. The molecule has 1 aromatic carbocycles. The molecule has 0 aliphatic carbocycles. The molecule has 1 saturated heterocycles. The number of aryl methyl sites for hydroxylation is 1. The Hall–Kier alpha value is -0.930. The van der Waals surface area contributed by atoms with Gasteiger partial charge in [0.1, 0.15) is 5.82 Å². The molecule has 2 nitrogen and oxygen atoms in total. The predicted octanol–water partition coefficient (Wildman–Crippen LogP) is 2.91. The van der Waals surface area contributed by atoms with Crippen molar-refractivity contribution in [3.8, 4) is 0 Å². The van der Waals surface area contributed by atoms with Gasteiger partial charge in [-0.1, -0.05) is 26.0 Å². The lowest BCUT2D eigenvalue weighted by molar-refractivity contribution is 0.147. The molecule has 18 heavy (non-hydrogen) atoms. The van der Waals surface area contributed by atoms with E-state index in [0.717, 1.165) is 43.9 Å². The minimum atomic E-state index is -0.0704. The van der Waals surface area contributed by atoms with Gasteiger partial charge in [-0.2, -0.15) is 0 Å². The minimum Gasteiger partial charge on any atom is -0.304 e. The Morgan fingerprint density at radius 3 is 2.28 bits per heavy atom. The summed E-state index contributed by atoms with van der Waals surface area (Å²) < 4.78 is 13.6. The Bertz CT molecular complexity index is 358. The van der Waals surface area contributed by atoms with Crippen molar-refractivity contribution < 1.29 is 4.39 Å². The summed E-state index contributed by atoms with van der Waals surface area (Å²) in [7, 11) is 2.13. The third-order valence-electron chi connectivity index (χ3n) is 3.20. The second-order valence-corrected chi connectivity index (χ2v) is 4.67. The van der Waals surface area contributed by atoms with Gasteiger partial charge in [0, 0.05) is 38.3 Å². The fourth-order valence-electron chi connectivity index (χ4n) is 2.03. The lowest BCUT2D eigenvalue weighted by Gasteiger charge is -2.32. The van der Waals surface area contributed by atoms with Crippen molar-refractivity contribution in [3.63, 3.8) is 0 Å². The van der Waals surface area contributed by atoms with E-state index in [1.807, 2.05) is 32.9 Å². The van der Waals surface area contributed by atoms with E-state index in [0.29, 0.717) is 0 Å². The highest BCUT2D eigenvalue weighted by Gasteiger charge is 2.15. The summed E-state index contributed by atoms with van der Waals surface area (Å²) >= 11 is 0. The highest BCUT2D eigenvalue weighted by Crippen LogP contribution is 2.13. The normalized spacial score (nSPS) is 17.2. The predicted molar refractivity (Wildman–Crippen MR) is 75.3 cm³/mol. The molecule has 0 saturated carbocycles. The van der Waals surface area contributed by atoms with Gasteiger partial charge in [-0.15, -0.1) is 0 Å². The average Bonchev–Trinajstić information content (AvgIpc) is 2.38. The Balaban J connectivity index is 0.000000771. The zero-order valence-corrected chi connectivity index (χ0v) is 12.0. The molecule has 2 rings (SSSR count). The quantitative estimate of drug-likeness (QED) is 0.798. The number of nitrogens with zero attached hydrogens (tertiary/aromatic N) is 2. The molecule has 0 atom stereocenters. The fourth-order valence-corrected chi connectivity index (χ4v) is 2.03. The molecule has 0 aromatic heterocycles. The third-order valence-corrected chi connectivity index (χ3v) is 3.20. The van der Waals surface area contributed by atoms with Crippen LogP contribution >= 0.6 is 0 Å². The van der Waals surface area contributed by atoms with E-state index in [9.17, 15) is 4.39 Å². The van der Waals surface area contributed by atoms with Crippen LogP contribution in [0.3, 0.4) is 0 Å². The van der Waals surface area contributed by atoms with Crippen LogP contribution in [-0.4, -0.2) is 43.0 Å². The van der Waals surface area contributed by atoms with Crippen LogP contribution in [0.4, 0.5) is 4.39 Å². The van der Waals surface area contributed by atoms with Crippen LogP contribution in [0.1, 0.15) is 25.0 Å². The van der Waals surface area contributed by atoms with Gasteiger partial charge in [0.15, 0.2) is 0 Å². The summed E-state index contributed by atoms with van der Waals surface area (Å²) in [5.41, 5.74) is 1.80. The molecule has 0 unspecified atom stereocenters. The lowest BCUT2D eigenvalue weighted by Crippen LogP contribution is -2.44. The van der Waals surface area contributed by atoms with Crippen molar-refractivity contribution in [1.82, 2.24) is 9.80 Å². The second-order valence-electron chi connectivity index (χ2n) is 4.67. The maximum absolute atomic E-state index is 13.6. The Labute approximate surface area is 110 Å². The molecule has 3 heteroatoms. The Morgan fingerprint density at radius 2 is 1.72 bits per heavy atom. The summed E-state index contributed by atoms with van der Waals surface area (Å²) in [6.45, 7) is 10.9. The van der Waals surface area contributed by atoms with Crippen molar-refractivity contribution in [2.24, 2.45) is 0 Å². The van der Waals surface area contributed by atoms with Crippen molar-refractivity contribution in [3.05, 3.63) is 35.1 Å². The molecule has 1 aromatic rings. The molecule has 1 heterocycles. The van der Waals surface area contributed by atoms with Gasteiger partial charge in [0.2, 0.25) is 0 Å². The molecular formula is C15H25FN2. The maximum Gasteiger partial charge on any atom is 0.127 e. The van der Waals surface area contributed by atoms with Gasteiger partial charge in [0.05, 0.1) is 0 Å². The smallest absolute Gasteiger partial charge is 0.127 e. The van der Waals surface area contributed by atoms with Crippen molar-refractivity contribution in [2.75, 3.05) is 33.2 Å². The number of likely N-dealkylation sites (N-methyl/N-ethyl adjacent to an activating group) is 1. The first-order valence-electron chi connectivity index (χ1n) is 6.81. The van der Waals surface area contributed by atoms with Crippen LogP contribution < -0.4 is 0 Å². The standard InChI is InChI=1S/C13H19FN2.C2H6/c1-11-3-4-12(13(14)9-11)10-16-7-5-15(2)6-8-16;1-2/h3-4,9H,5-8,10H2,1-2H3;1-2H3.